The van der Waals surface area contributed by atoms with Gasteiger partial charge in [0.05, 0.1) is 6.42 Å². The van der Waals surface area contributed by atoms with Gasteiger partial charge in [0.1, 0.15) is 0 Å². The van der Waals surface area contributed by atoms with Crippen LogP contribution in [0.2, 0.25) is 5.02 Å². The largest absolute Gasteiger partial charge is 0.335 e. The third-order valence-electron chi connectivity index (χ3n) is 3.56. The van der Waals surface area contributed by atoms with Crippen LogP contribution in [0.5, 0.6) is 0 Å². The van der Waals surface area contributed by atoms with Gasteiger partial charge in [0.2, 0.25) is 5.91 Å². The number of nitrogens with one attached hydrogen (secondary N) is 1. The minimum absolute atomic E-state index is 0.0225. The number of carbonyl (C=O) groups is 1. The molecule has 3 rings (SSSR count). The van der Waals surface area contributed by atoms with Crippen LogP contribution in [0, 0.1) is 6.92 Å². The summed E-state index contributed by atoms with van der Waals surface area (Å²) in [6.07, 6.45) is 3.60. The van der Waals surface area contributed by atoms with E-state index >= 15 is 0 Å². The molecule has 25 heavy (non-hydrogen) atoms. The zero-order valence-corrected chi connectivity index (χ0v) is 14.3. The fourth-order valence-electron chi connectivity index (χ4n) is 2.22. The zero-order chi connectivity index (χ0) is 17.6. The van der Waals surface area contributed by atoms with Crippen LogP contribution in [0.4, 0.5) is 5.69 Å². The number of carbonyl (C=O) groups excluding carboxylic acids is 1. The Labute approximate surface area is 150 Å². The molecule has 0 aliphatic heterocycles. The first-order chi connectivity index (χ1) is 12.1. The SMILES string of the molecule is Cc1c(Cl)cccc1NC(=O)Cc1noc(/C=C/c2ccccc2)n1. The van der Waals surface area contributed by atoms with Gasteiger partial charge in [-0.05, 0) is 36.3 Å². The third-order valence-corrected chi connectivity index (χ3v) is 3.97. The number of aromatic nitrogens is 2. The van der Waals surface area contributed by atoms with E-state index < -0.39 is 0 Å². The number of hydrogen-bond donors (Lipinski definition) is 1. The van der Waals surface area contributed by atoms with Crippen LogP contribution >= 0.6 is 11.6 Å². The molecule has 0 fully saturated rings. The second-order valence-electron chi connectivity index (χ2n) is 5.43. The first-order valence-corrected chi connectivity index (χ1v) is 8.10. The Morgan fingerprint density at radius 2 is 1.96 bits per heavy atom. The second kappa shape index (κ2) is 7.77. The van der Waals surface area contributed by atoms with E-state index in [1.807, 2.05) is 43.3 Å². The molecule has 0 atom stereocenters. The summed E-state index contributed by atoms with van der Waals surface area (Å²) < 4.78 is 5.13. The molecule has 0 spiro atoms. The Morgan fingerprint density at radius 3 is 2.76 bits per heavy atom. The van der Waals surface area contributed by atoms with E-state index in [4.69, 9.17) is 16.1 Å². The molecule has 0 radical (unpaired) electrons. The molecule has 0 aliphatic carbocycles. The van der Waals surface area contributed by atoms with E-state index in [-0.39, 0.29) is 12.3 Å². The maximum absolute atomic E-state index is 12.1. The van der Waals surface area contributed by atoms with Crippen LogP contribution in [0.3, 0.4) is 0 Å². The van der Waals surface area contributed by atoms with Crippen molar-refractivity contribution in [1.29, 1.82) is 0 Å². The zero-order valence-electron chi connectivity index (χ0n) is 13.6. The number of hydrogen-bond acceptors (Lipinski definition) is 4. The first kappa shape index (κ1) is 16.9. The van der Waals surface area contributed by atoms with Crippen molar-refractivity contribution >= 4 is 35.3 Å². The average Bonchev–Trinajstić information content (AvgIpc) is 3.05. The van der Waals surface area contributed by atoms with Gasteiger partial charge >= 0.3 is 0 Å². The van der Waals surface area contributed by atoms with Crippen LogP contribution in [0.15, 0.2) is 53.1 Å². The molecule has 5 nitrogen and oxygen atoms in total. The van der Waals surface area contributed by atoms with Gasteiger partial charge in [-0.25, -0.2) is 0 Å². The summed E-state index contributed by atoms with van der Waals surface area (Å²) in [4.78, 5) is 16.3. The monoisotopic (exact) mass is 353 g/mol. The van der Waals surface area contributed by atoms with E-state index in [1.165, 1.54) is 0 Å². The average molecular weight is 354 g/mol. The molecule has 1 amide bonds. The molecule has 1 N–H and O–H groups in total. The molecule has 0 bridgehead atoms. The lowest BCUT2D eigenvalue weighted by Crippen LogP contribution is -2.16. The van der Waals surface area contributed by atoms with Crippen molar-refractivity contribution < 1.29 is 9.32 Å². The van der Waals surface area contributed by atoms with E-state index in [1.54, 1.807) is 24.3 Å². The van der Waals surface area contributed by atoms with Crippen molar-refractivity contribution in [2.45, 2.75) is 13.3 Å². The molecule has 126 valence electrons. The lowest BCUT2D eigenvalue weighted by molar-refractivity contribution is -0.115. The van der Waals surface area contributed by atoms with Crippen molar-refractivity contribution in [1.82, 2.24) is 10.1 Å². The summed E-state index contributed by atoms with van der Waals surface area (Å²) in [5.41, 5.74) is 2.51. The Kier molecular flexibility index (Phi) is 5.26. The van der Waals surface area contributed by atoms with Gasteiger partial charge in [-0.2, -0.15) is 4.98 Å². The number of rotatable bonds is 5. The number of halogens is 1. The summed E-state index contributed by atoms with van der Waals surface area (Å²) in [6.45, 7) is 1.85. The highest BCUT2D eigenvalue weighted by molar-refractivity contribution is 6.31. The first-order valence-electron chi connectivity index (χ1n) is 7.72. The van der Waals surface area contributed by atoms with Gasteiger partial charge in [-0.15, -0.1) is 0 Å². The Bertz CT molecular complexity index is 904. The molecule has 0 unspecified atom stereocenters. The quantitative estimate of drug-likeness (QED) is 0.739. The highest BCUT2D eigenvalue weighted by Crippen LogP contribution is 2.23. The number of anilines is 1. The summed E-state index contributed by atoms with van der Waals surface area (Å²) in [7, 11) is 0. The Balaban J connectivity index is 1.62. The van der Waals surface area contributed by atoms with E-state index in [0.717, 1.165) is 11.1 Å². The van der Waals surface area contributed by atoms with Gasteiger partial charge < -0.3 is 9.84 Å². The smallest absolute Gasteiger partial charge is 0.250 e. The lowest BCUT2D eigenvalue weighted by Gasteiger charge is -2.08. The molecule has 1 heterocycles. The van der Waals surface area contributed by atoms with Crippen molar-refractivity contribution in [3.8, 4) is 0 Å². The predicted molar refractivity (Wildman–Crippen MR) is 98.2 cm³/mol. The molecule has 6 heteroatoms. The number of amides is 1. The van der Waals surface area contributed by atoms with Gasteiger partial charge in [-0.1, -0.05) is 53.2 Å². The van der Waals surface area contributed by atoms with E-state index in [9.17, 15) is 4.79 Å². The summed E-state index contributed by atoms with van der Waals surface area (Å²) in [6, 6.07) is 15.1. The molecular formula is C19H16ClN3O2. The molecule has 3 aromatic rings. The Morgan fingerprint density at radius 1 is 1.16 bits per heavy atom. The van der Waals surface area contributed by atoms with E-state index in [2.05, 4.69) is 15.5 Å². The van der Waals surface area contributed by atoms with E-state index in [0.29, 0.717) is 22.4 Å². The van der Waals surface area contributed by atoms with Crippen LogP contribution in [-0.4, -0.2) is 16.0 Å². The highest BCUT2D eigenvalue weighted by atomic mass is 35.5. The minimum Gasteiger partial charge on any atom is -0.335 e. The topological polar surface area (TPSA) is 68.0 Å². The fourth-order valence-corrected chi connectivity index (χ4v) is 2.39. The molecular weight excluding hydrogens is 338 g/mol. The van der Waals surface area contributed by atoms with Crippen LogP contribution in [0.1, 0.15) is 22.8 Å². The molecule has 0 aliphatic rings. The van der Waals surface area contributed by atoms with Crippen molar-refractivity contribution in [3.05, 3.63) is 76.4 Å². The summed E-state index contributed by atoms with van der Waals surface area (Å²) in [5.74, 6) is 0.445. The van der Waals surface area contributed by atoms with Crippen LogP contribution in [-0.2, 0) is 11.2 Å². The molecule has 0 saturated heterocycles. The molecule has 1 aromatic heterocycles. The molecule has 0 saturated carbocycles. The van der Waals surface area contributed by atoms with Crippen molar-refractivity contribution in [2.75, 3.05) is 5.32 Å². The number of nitrogens with zero attached hydrogens (tertiary/aromatic N) is 2. The fraction of sp³-hybridized carbons (Fsp3) is 0.105. The predicted octanol–water partition coefficient (Wildman–Crippen LogP) is 4.38. The van der Waals surface area contributed by atoms with Crippen LogP contribution < -0.4 is 5.32 Å². The van der Waals surface area contributed by atoms with Crippen molar-refractivity contribution in [3.63, 3.8) is 0 Å². The maximum atomic E-state index is 12.1. The Hall–Kier alpha value is -2.92. The van der Waals surface area contributed by atoms with Gasteiger partial charge in [0, 0.05) is 16.8 Å². The van der Waals surface area contributed by atoms with Gasteiger partial charge in [0.15, 0.2) is 5.82 Å². The highest BCUT2D eigenvalue weighted by Gasteiger charge is 2.11. The normalized spacial score (nSPS) is 11.0. The number of benzene rings is 2. The summed E-state index contributed by atoms with van der Waals surface area (Å²) >= 11 is 6.05. The maximum Gasteiger partial charge on any atom is 0.250 e. The molecule has 2 aromatic carbocycles. The van der Waals surface area contributed by atoms with Gasteiger partial charge in [0.25, 0.3) is 5.89 Å². The third kappa shape index (κ3) is 4.55. The second-order valence-corrected chi connectivity index (χ2v) is 5.84. The van der Waals surface area contributed by atoms with Crippen LogP contribution in [0.25, 0.3) is 12.2 Å². The van der Waals surface area contributed by atoms with Gasteiger partial charge in [-0.3, -0.25) is 4.79 Å². The summed E-state index contributed by atoms with van der Waals surface area (Å²) in [5, 5.41) is 7.23. The lowest BCUT2D eigenvalue weighted by atomic mass is 10.2. The minimum atomic E-state index is -0.232. The standard InChI is InChI=1S/C19H16ClN3O2/c1-13-15(20)8-5-9-16(13)21-18(24)12-17-22-19(25-23-17)11-10-14-6-3-2-4-7-14/h2-11H,12H2,1H3,(H,21,24)/b11-10+. The van der Waals surface area contributed by atoms with Crippen molar-refractivity contribution in [2.24, 2.45) is 0 Å².